The van der Waals surface area contributed by atoms with Gasteiger partial charge in [0.2, 0.25) is 0 Å². The molecule has 1 aliphatic rings. The van der Waals surface area contributed by atoms with Crippen molar-refractivity contribution in [3.05, 3.63) is 0 Å². The molecule has 1 amide bonds. The van der Waals surface area contributed by atoms with Crippen LogP contribution in [0.2, 0.25) is 0 Å². The van der Waals surface area contributed by atoms with Crippen molar-refractivity contribution in [1.29, 1.82) is 0 Å². The number of piperidine rings is 1. The highest BCUT2D eigenvalue weighted by Crippen LogP contribution is 2.08. The molecule has 0 bridgehead atoms. The second kappa shape index (κ2) is 4.31. The number of hydrogen-bond donors (Lipinski definition) is 1. The molecule has 1 fully saturated rings. The summed E-state index contributed by atoms with van der Waals surface area (Å²) in [4.78, 5) is 17.2. The number of carbonyl (C=O) groups excluding carboxylic acids is 1. The molecule has 11 heavy (non-hydrogen) atoms. The Labute approximate surface area is 66.3 Å². The van der Waals surface area contributed by atoms with E-state index in [4.69, 9.17) is 5.90 Å². The Morgan fingerprint density at radius 1 is 1.36 bits per heavy atom. The van der Waals surface area contributed by atoms with Crippen LogP contribution in [-0.2, 0) is 9.63 Å². The minimum Gasteiger partial charge on any atom is -0.341 e. The summed E-state index contributed by atoms with van der Waals surface area (Å²) in [6.45, 7) is 1.74. The third-order valence-electron chi connectivity index (χ3n) is 1.92. The molecule has 0 atom stereocenters. The monoisotopic (exact) mass is 158 g/mol. The van der Waals surface area contributed by atoms with Crippen LogP contribution in [0.15, 0.2) is 0 Å². The second-order valence-corrected chi connectivity index (χ2v) is 2.75. The van der Waals surface area contributed by atoms with Gasteiger partial charge in [0.1, 0.15) is 6.61 Å². The quantitative estimate of drug-likeness (QED) is 0.570. The van der Waals surface area contributed by atoms with Gasteiger partial charge in [-0.15, -0.1) is 0 Å². The Bertz CT molecular complexity index is 132. The first-order valence-electron chi connectivity index (χ1n) is 3.94. The van der Waals surface area contributed by atoms with Crippen LogP contribution in [0, 0.1) is 0 Å². The summed E-state index contributed by atoms with van der Waals surface area (Å²) >= 11 is 0. The summed E-state index contributed by atoms with van der Waals surface area (Å²) in [5, 5.41) is 0. The molecule has 0 aromatic rings. The van der Waals surface area contributed by atoms with Gasteiger partial charge in [-0.3, -0.25) is 9.63 Å². The van der Waals surface area contributed by atoms with Crippen LogP contribution < -0.4 is 5.90 Å². The Balaban J connectivity index is 2.27. The van der Waals surface area contributed by atoms with Crippen molar-refractivity contribution < 1.29 is 9.63 Å². The molecule has 1 heterocycles. The van der Waals surface area contributed by atoms with Gasteiger partial charge < -0.3 is 4.90 Å². The molecule has 1 saturated heterocycles. The summed E-state index contributed by atoms with van der Waals surface area (Å²) in [5.74, 6) is 4.80. The minimum absolute atomic E-state index is 0.00667. The number of nitrogens with zero attached hydrogens (tertiary/aromatic N) is 1. The predicted octanol–water partition coefficient (Wildman–Crippen LogP) is -0.111. The highest BCUT2D eigenvalue weighted by Gasteiger charge is 2.15. The van der Waals surface area contributed by atoms with E-state index >= 15 is 0 Å². The Kier molecular flexibility index (Phi) is 3.32. The van der Waals surface area contributed by atoms with Crippen molar-refractivity contribution in [2.45, 2.75) is 19.3 Å². The van der Waals surface area contributed by atoms with Crippen LogP contribution in [0.5, 0.6) is 0 Å². The van der Waals surface area contributed by atoms with E-state index in [1.54, 1.807) is 4.90 Å². The van der Waals surface area contributed by atoms with Gasteiger partial charge >= 0.3 is 0 Å². The van der Waals surface area contributed by atoms with E-state index < -0.39 is 0 Å². The predicted molar refractivity (Wildman–Crippen MR) is 40.6 cm³/mol. The summed E-state index contributed by atoms with van der Waals surface area (Å²) < 4.78 is 0. The highest BCUT2D eigenvalue weighted by molar-refractivity contribution is 5.77. The fourth-order valence-electron chi connectivity index (χ4n) is 1.31. The molecule has 64 valence electrons. The molecule has 4 heteroatoms. The van der Waals surface area contributed by atoms with Gasteiger partial charge in [0.15, 0.2) is 0 Å². The van der Waals surface area contributed by atoms with Gasteiger partial charge in [-0.2, -0.15) is 0 Å². The maximum absolute atomic E-state index is 11.1. The number of carbonyl (C=O) groups is 1. The molecule has 1 aliphatic heterocycles. The zero-order valence-electron chi connectivity index (χ0n) is 6.58. The van der Waals surface area contributed by atoms with Crippen molar-refractivity contribution in [1.82, 2.24) is 4.90 Å². The van der Waals surface area contributed by atoms with Gasteiger partial charge in [-0.25, -0.2) is 5.90 Å². The fraction of sp³-hybridized carbons (Fsp3) is 0.857. The lowest BCUT2D eigenvalue weighted by Crippen LogP contribution is -2.38. The molecule has 0 spiro atoms. The lowest BCUT2D eigenvalue weighted by atomic mass is 10.1. The van der Waals surface area contributed by atoms with Crippen molar-refractivity contribution in [3.8, 4) is 0 Å². The normalized spacial score (nSPS) is 18.5. The lowest BCUT2D eigenvalue weighted by molar-refractivity contribution is -0.137. The standard InChI is InChI=1S/C7H14N2O2/c8-11-6-7(10)9-4-2-1-3-5-9/h1-6,8H2. The third kappa shape index (κ3) is 2.48. The SMILES string of the molecule is NOCC(=O)N1CCCCC1. The van der Waals surface area contributed by atoms with E-state index in [0.29, 0.717) is 0 Å². The van der Waals surface area contributed by atoms with Crippen LogP contribution in [0.4, 0.5) is 0 Å². The maximum Gasteiger partial charge on any atom is 0.250 e. The van der Waals surface area contributed by atoms with E-state index in [0.717, 1.165) is 25.9 Å². The average molecular weight is 158 g/mol. The summed E-state index contributed by atoms with van der Waals surface area (Å²) in [7, 11) is 0. The Hall–Kier alpha value is -0.610. The molecule has 0 unspecified atom stereocenters. The molecule has 0 aromatic carbocycles. The number of nitrogens with two attached hydrogens (primary N) is 1. The van der Waals surface area contributed by atoms with Gasteiger partial charge in [0, 0.05) is 13.1 Å². The molecule has 0 aromatic heterocycles. The van der Waals surface area contributed by atoms with Gasteiger partial charge in [0.25, 0.3) is 5.91 Å². The zero-order chi connectivity index (χ0) is 8.10. The highest BCUT2D eigenvalue weighted by atomic mass is 16.6. The minimum atomic E-state index is 0.00667. The maximum atomic E-state index is 11.1. The van der Waals surface area contributed by atoms with Crippen LogP contribution in [0.1, 0.15) is 19.3 Å². The molecule has 2 N–H and O–H groups in total. The number of amides is 1. The lowest BCUT2D eigenvalue weighted by Gasteiger charge is -2.26. The third-order valence-corrected chi connectivity index (χ3v) is 1.92. The molecule has 0 aliphatic carbocycles. The van der Waals surface area contributed by atoms with E-state index in [9.17, 15) is 4.79 Å². The number of hydrogen-bond acceptors (Lipinski definition) is 3. The Morgan fingerprint density at radius 3 is 2.55 bits per heavy atom. The smallest absolute Gasteiger partial charge is 0.250 e. The van der Waals surface area contributed by atoms with Crippen LogP contribution in [-0.4, -0.2) is 30.5 Å². The van der Waals surface area contributed by atoms with E-state index in [-0.39, 0.29) is 12.5 Å². The molecule has 0 saturated carbocycles. The van der Waals surface area contributed by atoms with Gasteiger partial charge in [0.05, 0.1) is 0 Å². The largest absolute Gasteiger partial charge is 0.341 e. The van der Waals surface area contributed by atoms with Crippen molar-refractivity contribution in [3.63, 3.8) is 0 Å². The van der Waals surface area contributed by atoms with Crippen LogP contribution >= 0.6 is 0 Å². The first kappa shape index (κ1) is 8.49. The summed E-state index contributed by atoms with van der Waals surface area (Å²) in [6.07, 6.45) is 3.44. The molecular weight excluding hydrogens is 144 g/mol. The second-order valence-electron chi connectivity index (χ2n) is 2.75. The topological polar surface area (TPSA) is 55.6 Å². The van der Waals surface area contributed by atoms with E-state index in [1.807, 2.05) is 0 Å². The molecule has 1 rings (SSSR count). The Morgan fingerprint density at radius 2 is 2.00 bits per heavy atom. The van der Waals surface area contributed by atoms with Crippen molar-refractivity contribution in [2.24, 2.45) is 5.90 Å². The first-order chi connectivity index (χ1) is 5.34. The summed E-state index contributed by atoms with van der Waals surface area (Å²) in [5.41, 5.74) is 0. The first-order valence-corrected chi connectivity index (χ1v) is 3.94. The van der Waals surface area contributed by atoms with E-state index in [1.165, 1.54) is 6.42 Å². The fourth-order valence-corrected chi connectivity index (χ4v) is 1.31. The molecule has 4 nitrogen and oxygen atoms in total. The van der Waals surface area contributed by atoms with Crippen molar-refractivity contribution >= 4 is 5.91 Å². The van der Waals surface area contributed by atoms with Crippen LogP contribution in [0.3, 0.4) is 0 Å². The van der Waals surface area contributed by atoms with Crippen molar-refractivity contribution in [2.75, 3.05) is 19.7 Å². The number of rotatable bonds is 2. The number of likely N-dealkylation sites (tertiary alicyclic amines) is 1. The van der Waals surface area contributed by atoms with Gasteiger partial charge in [-0.05, 0) is 19.3 Å². The van der Waals surface area contributed by atoms with Gasteiger partial charge in [-0.1, -0.05) is 0 Å². The molecule has 0 radical (unpaired) electrons. The van der Waals surface area contributed by atoms with E-state index in [2.05, 4.69) is 4.84 Å². The zero-order valence-corrected chi connectivity index (χ0v) is 6.58. The average Bonchev–Trinajstić information content (AvgIpc) is 2.07. The summed E-state index contributed by atoms with van der Waals surface area (Å²) in [6, 6.07) is 0. The molecular formula is C7H14N2O2. The van der Waals surface area contributed by atoms with Crippen LogP contribution in [0.25, 0.3) is 0 Å².